The number of nitrogens with one attached hydrogen (secondary N) is 2. The van der Waals surface area contributed by atoms with Gasteiger partial charge in [-0.1, -0.05) is 12.1 Å². The normalized spacial score (nSPS) is 18.8. The number of carbonyl (C=O) groups excluding carboxylic acids is 1. The van der Waals surface area contributed by atoms with E-state index in [9.17, 15) is 9.59 Å². The maximum absolute atomic E-state index is 12.4. The smallest absolute Gasteiger partial charge is 0.256 e. The quantitative estimate of drug-likeness (QED) is 0.851. The number of benzene rings is 1. The molecule has 1 aromatic heterocycles. The van der Waals surface area contributed by atoms with Gasteiger partial charge in [0.1, 0.15) is 11.5 Å². The fourth-order valence-electron chi connectivity index (χ4n) is 2.75. The Morgan fingerprint density at radius 1 is 1.33 bits per heavy atom. The minimum atomic E-state index is -0.304. The summed E-state index contributed by atoms with van der Waals surface area (Å²) in [5, 5.41) is 2.98. The number of methoxy groups -OCH3 is 1. The molecule has 6 heteroatoms. The molecule has 24 heavy (non-hydrogen) atoms. The van der Waals surface area contributed by atoms with E-state index in [-0.39, 0.29) is 23.3 Å². The van der Waals surface area contributed by atoms with Gasteiger partial charge >= 0.3 is 0 Å². The van der Waals surface area contributed by atoms with Gasteiger partial charge in [0.2, 0.25) is 0 Å². The van der Waals surface area contributed by atoms with Crippen LogP contribution in [0.3, 0.4) is 0 Å². The third kappa shape index (κ3) is 3.42. The van der Waals surface area contributed by atoms with E-state index in [1.165, 1.54) is 24.9 Å². The van der Waals surface area contributed by atoms with E-state index in [2.05, 4.69) is 10.3 Å². The third-order valence-corrected chi connectivity index (χ3v) is 4.08. The predicted molar refractivity (Wildman–Crippen MR) is 89.8 cm³/mol. The van der Waals surface area contributed by atoms with E-state index in [0.29, 0.717) is 18.1 Å². The minimum Gasteiger partial charge on any atom is -0.496 e. The highest BCUT2D eigenvalue weighted by Crippen LogP contribution is 2.41. The maximum atomic E-state index is 12.4. The number of carbonyl (C=O) groups is 1. The summed E-state index contributed by atoms with van der Waals surface area (Å²) in [7, 11) is 1.44. The van der Waals surface area contributed by atoms with Crippen LogP contribution in [0, 0.1) is 0 Å². The largest absolute Gasteiger partial charge is 0.496 e. The standard InChI is InChI=1S/C18H20N2O4/c1-3-24-12-6-4-11(5-7-12)13-8-15(13)20-18(22)14-10-19-17(21)9-16(14)23-2/h4-7,9-10,13,15H,3,8H2,1-2H3,(H,19,21)(H,20,22)/t13-,15+/m0/s1. The summed E-state index contributed by atoms with van der Waals surface area (Å²) in [6, 6.07) is 9.31. The number of amides is 1. The fraction of sp³-hybridized carbons (Fsp3) is 0.333. The monoisotopic (exact) mass is 328 g/mol. The Bertz CT molecular complexity index is 782. The summed E-state index contributed by atoms with van der Waals surface area (Å²) in [6.07, 6.45) is 2.27. The van der Waals surface area contributed by atoms with Gasteiger partial charge in [0, 0.05) is 24.2 Å². The molecule has 2 N–H and O–H groups in total. The van der Waals surface area contributed by atoms with Crippen LogP contribution in [0.4, 0.5) is 0 Å². The van der Waals surface area contributed by atoms with Crippen LogP contribution in [0.5, 0.6) is 11.5 Å². The first kappa shape index (κ1) is 16.1. The summed E-state index contributed by atoms with van der Waals surface area (Å²) < 4.78 is 10.5. The van der Waals surface area contributed by atoms with E-state index in [4.69, 9.17) is 9.47 Å². The van der Waals surface area contributed by atoms with Crippen molar-refractivity contribution in [1.82, 2.24) is 10.3 Å². The van der Waals surface area contributed by atoms with Crippen molar-refractivity contribution in [2.24, 2.45) is 0 Å². The number of hydrogen-bond acceptors (Lipinski definition) is 4. The van der Waals surface area contributed by atoms with Crippen LogP contribution in [-0.4, -0.2) is 30.6 Å². The molecular weight excluding hydrogens is 308 g/mol. The summed E-state index contributed by atoms with van der Waals surface area (Å²) in [5.41, 5.74) is 1.20. The van der Waals surface area contributed by atoms with E-state index in [1.807, 2.05) is 31.2 Å². The van der Waals surface area contributed by atoms with Gasteiger partial charge in [-0.3, -0.25) is 9.59 Å². The molecule has 1 amide bonds. The van der Waals surface area contributed by atoms with E-state index < -0.39 is 0 Å². The number of aromatic nitrogens is 1. The van der Waals surface area contributed by atoms with Crippen LogP contribution in [-0.2, 0) is 0 Å². The van der Waals surface area contributed by atoms with Crippen LogP contribution in [0.25, 0.3) is 0 Å². The Morgan fingerprint density at radius 2 is 2.08 bits per heavy atom. The molecule has 126 valence electrons. The molecule has 0 bridgehead atoms. The van der Waals surface area contributed by atoms with Crippen LogP contribution in [0.15, 0.2) is 41.3 Å². The molecule has 3 rings (SSSR count). The zero-order chi connectivity index (χ0) is 17.1. The number of hydrogen-bond donors (Lipinski definition) is 2. The van der Waals surface area contributed by atoms with Crippen LogP contribution < -0.4 is 20.3 Å². The lowest BCUT2D eigenvalue weighted by molar-refractivity contribution is 0.0947. The lowest BCUT2D eigenvalue weighted by Gasteiger charge is -2.09. The van der Waals surface area contributed by atoms with Gasteiger partial charge in [0.15, 0.2) is 0 Å². The number of pyridine rings is 1. The highest BCUT2D eigenvalue weighted by atomic mass is 16.5. The average molecular weight is 328 g/mol. The topological polar surface area (TPSA) is 80.4 Å². The molecule has 1 heterocycles. The highest BCUT2D eigenvalue weighted by molar-refractivity contribution is 5.97. The van der Waals surface area contributed by atoms with Crippen molar-refractivity contribution in [3.63, 3.8) is 0 Å². The average Bonchev–Trinajstić information content (AvgIpc) is 3.34. The SMILES string of the molecule is CCOc1ccc([C@@H]2C[C@H]2NC(=O)c2c[nH]c(=O)cc2OC)cc1. The van der Waals surface area contributed by atoms with Crippen molar-refractivity contribution in [2.75, 3.05) is 13.7 Å². The zero-order valence-electron chi connectivity index (χ0n) is 13.7. The van der Waals surface area contributed by atoms with Gasteiger partial charge < -0.3 is 19.8 Å². The maximum Gasteiger partial charge on any atom is 0.256 e. The van der Waals surface area contributed by atoms with Crippen LogP contribution in [0.1, 0.15) is 35.2 Å². The molecule has 0 spiro atoms. The third-order valence-electron chi connectivity index (χ3n) is 4.08. The van der Waals surface area contributed by atoms with Crippen molar-refractivity contribution in [1.29, 1.82) is 0 Å². The second kappa shape index (κ2) is 6.78. The first-order valence-corrected chi connectivity index (χ1v) is 7.92. The lowest BCUT2D eigenvalue weighted by Crippen LogP contribution is -2.27. The Morgan fingerprint density at radius 3 is 2.75 bits per heavy atom. The molecule has 0 saturated heterocycles. The zero-order valence-corrected chi connectivity index (χ0v) is 13.7. The molecule has 1 fully saturated rings. The van der Waals surface area contributed by atoms with Crippen LogP contribution >= 0.6 is 0 Å². The first-order valence-electron chi connectivity index (χ1n) is 7.92. The summed E-state index contributed by atoms with van der Waals surface area (Å²) in [5.74, 6) is 1.18. The van der Waals surface area contributed by atoms with Crippen molar-refractivity contribution < 1.29 is 14.3 Å². The van der Waals surface area contributed by atoms with E-state index >= 15 is 0 Å². The predicted octanol–water partition coefficient (Wildman–Crippen LogP) is 2.07. The van der Waals surface area contributed by atoms with E-state index in [1.54, 1.807) is 0 Å². The Kier molecular flexibility index (Phi) is 4.55. The van der Waals surface area contributed by atoms with Gasteiger partial charge in [-0.05, 0) is 31.0 Å². The molecular formula is C18H20N2O4. The van der Waals surface area contributed by atoms with Gasteiger partial charge in [-0.25, -0.2) is 0 Å². The van der Waals surface area contributed by atoms with Gasteiger partial charge in [-0.2, -0.15) is 0 Å². The number of H-pyrrole nitrogens is 1. The highest BCUT2D eigenvalue weighted by Gasteiger charge is 2.39. The molecule has 1 aliphatic rings. The summed E-state index contributed by atoms with van der Waals surface area (Å²) in [6.45, 7) is 2.59. The molecule has 1 aliphatic carbocycles. The fourth-order valence-corrected chi connectivity index (χ4v) is 2.75. The Labute approximate surface area is 139 Å². The summed E-state index contributed by atoms with van der Waals surface area (Å²) >= 11 is 0. The lowest BCUT2D eigenvalue weighted by atomic mass is 10.1. The number of ether oxygens (including phenoxy) is 2. The molecule has 0 unspecified atom stereocenters. The molecule has 2 atom stereocenters. The number of aromatic amines is 1. The Hall–Kier alpha value is -2.76. The number of rotatable bonds is 6. The van der Waals surface area contributed by atoms with Gasteiger partial charge in [0.05, 0.1) is 19.3 Å². The molecule has 1 saturated carbocycles. The van der Waals surface area contributed by atoms with Crippen molar-refractivity contribution in [2.45, 2.75) is 25.3 Å². The minimum absolute atomic E-state index is 0.0899. The van der Waals surface area contributed by atoms with Crippen molar-refractivity contribution >= 4 is 5.91 Å². The second-order valence-corrected chi connectivity index (χ2v) is 5.70. The molecule has 6 nitrogen and oxygen atoms in total. The molecule has 0 aliphatic heterocycles. The van der Waals surface area contributed by atoms with Gasteiger partial charge in [-0.15, -0.1) is 0 Å². The molecule has 2 aromatic rings. The second-order valence-electron chi connectivity index (χ2n) is 5.70. The first-order chi connectivity index (χ1) is 11.6. The van der Waals surface area contributed by atoms with Gasteiger partial charge in [0.25, 0.3) is 11.5 Å². The molecule has 1 aromatic carbocycles. The van der Waals surface area contributed by atoms with Crippen molar-refractivity contribution in [3.8, 4) is 11.5 Å². The van der Waals surface area contributed by atoms with Crippen LogP contribution in [0.2, 0.25) is 0 Å². The molecule has 0 radical (unpaired) electrons. The van der Waals surface area contributed by atoms with E-state index in [0.717, 1.165) is 12.2 Å². The Balaban J connectivity index is 1.64. The summed E-state index contributed by atoms with van der Waals surface area (Å²) in [4.78, 5) is 26.2. The van der Waals surface area contributed by atoms with Crippen molar-refractivity contribution in [3.05, 3.63) is 58.0 Å².